The predicted octanol–water partition coefficient (Wildman–Crippen LogP) is 4.77. The van der Waals surface area contributed by atoms with Crippen molar-refractivity contribution >= 4 is 39.1 Å². The maximum Gasteiger partial charge on any atom is 0.255 e. The number of halogens is 4. The Morgan fingerprint density at radius 2 is 1.85 bits per heavy atom. The Bertz CT molecular complexity index is 623. The molecule has 0 spiro atoms. The molecule has 104 valence electrons. The maximum absolute atomic E-state index is 13.6. The minimum atomic E-state index is -0.916. The fourth-order valence-corrected chi connectivity index (χ4v) is 2.21. The standard InChI is InChI=1S/C14H9BrClF2NO/c15-7-8-1-3-9(4-2-8)14(20)19-13-11(16)5-10(17)6-12(13)18/h1-6H,7H2,(H,19,20). The largest absolute Gasteiger partial charge is 0.318 e. The van der Waals surface area contributed by atoms with Crippen LogP contribution in [0.1, 0.15) is 15.9 Å². The topological polar surface area (TPSA) is 29.1 Å². The molecule has 0 saturated heterocycles. The van der Waals surface area contributed by atoms with Crippen LogP contribution in [-0.4, -0.2) is 5.91 Å². The number of hydrogen-bond donors (Lipinski definition) is 1. The summed E-state index contributed by atoms with van der Waals surface area (Å²) in [4.78, 5) is 12.0. The quantitative estimate of drug-likeness (QED) is 0.785. The van der Waals surface area contributed by atoms with E-state index >= 15 is 0 Å². The molecular formula is C14H9BrClF2NO. The molecule has 0 radical (unpaired) electrons. The highest BCUT2D eigenvalue weighted by molar-refractivity contribution is 9.08. The van der Waals surface area contributed by atoms with Crippen LogP contribution in [0.3, 0.4) is 0 Å². The predicted molar refractivity (Wildman–Crippen MR) is 78.4 cm³/mol. The highest BCUT2D eigenvalue weighted by Crippen LogP contribution is 2.26. The highest BCUT2D eigenvalue weighted by atomic mass is 79.9. The lowest BCUT2D eigenvalue weighted by molar-refractivity contribution is 0.102. The van der Waals surface area contributed by atoms with Gasteiger partial charge >= 0.3 is 0 Å². The number of rotatable bonds is 3. The minimum Gasteiger partial charge on any atom is -0.318 e. The number of amides is 1. The van der Waals surface area contributed by atoms with Crippen LogP contribution in [0.4, 0.5) is 14.5 Å². The number of hydrogen-bond acceptors (Lipinski definition) is 1. The molecule has 0 atom stereocenters. The van der Waals surface area contributed by atoms with Crippen LogP contribution in [0.15, 0.2) is 36.4 Å². The Kier molecular flexibility index (Phi) is 4.73. The summed E-state index contributed by atoms with van der Waals surface area (Å²) >= 11 is 9.01. The van der Waals surface area contributed by atoms with Crippen molar-refractivity contribution in [2.45, 2.75) is 5.33 Å². The van der Waals surface area contributed by atoms with Crippen LogP contribution in [0, 0.1) is 11.6 Å². The van der Waals surface area contributed by atoms with E-state index in [2.05, 4.69) is 21.2 Å². The van der Waals surface area contributed by atoms with Crippen LogP contribution >= 0.6 is 27.5 Å². The van der Waals surface area contributed by atoms with Gasteiger partial charge in [-0.3, -0.25) is 4.79 Å². The van der Waals surface area contributed by atoms with Gasteiger partial charge in [-0.05, 0) is 23.8 Å². The van der Waals surface area contributed by atoms with Gasteiger partial charge in [0.15, 0.2) is 5.82 Å². The fourth-order valence-electron chi connectivity index (χ4n) is 1.59. The molecule has 2 nitrogen and oxygen atoms in total. The molecule has 0 saturated carbocycles. The molecule has 0 fully saturated rings. The van der Waals surface area contributed by atoms with E-state index in [1.165, 1.54) is 0 Å². The molecule has 0 bridgehead atoms. The summed E-state index contributed by atoms with van der Waals surface area (Å²) in [6.45, 7) is 0. The molecule has 0 heterocycles. The molecule has 2 rings (SSSR count). The van der Waals surface area contributed by atoms with Gasteiger partial charge in [0.1, 0.15) is 5.82 Å². The van der Waals surface area contributed by atoms with Gasteiger partial charge in [0.2, 0.25) is 0 Å². The van der Waals surface area contributed by atoms with Crippen molar-refractivity contribution in [2.24, 2.45) is 0 Å². The Labute approximate surface area is 127 Å². The molecule has 2 aromatic rings. The second-order valence-electron chi connectivity index (χ2n) is 4.03. The zero-order valence-electron chi connectivity index (χ0n) is 10.1. The number of carbonyl (C=O) groups is 1. The van der Waals surface area contributed by atoms with E-state index in [1.54, 1.807) is 24.3 Å². The summed E-state index contributed by atoms with van der Waals surface area (Å²) < 4.78 is 26.5. The van der Waals surface area contributed by atoms with Gasteiger partial charge in [-0.2, -0.15) is 0 Å². The number of benzene rings is 2. The van der Waals surface area contributed by atoms with E-state index in [0.717, 1.165) is 11.6 Å². The average molecular weight is 361 g/mol. The summed E-state index contributed by atoms with van der Waals surface area (Å²) in [5.41, 5.74) is 1.13. The molecule has 0 aliphatic heterocycles. The number of carbonyl (C=O) groups excluding carboxylic acids is 1. The zero-order chi connectivity index (χ0) is 14.7. The first-order valence-corrected chi connectivity index (χ1v) is 7.12. The van der Waals surface area contributed by atoms with Crippen molar-refractivity contribution < 1.29 is 13.6 Å². The Hall–Kier alpha value is -1.46. The molecule has 6 heteroatoms. The molecule has 0 aliphatic carbocycles. The molecular weight excluding hydrogens is 352 g/mol. The summed E-state index contributed by atoms with van der Waals surface area (Å²) in [6.07, 6.45) is 0. The fraction of sp³-hybridized carbons (Fsp3) is 0.0714. The molecule has 20 heavy (non-hydrogen) atoms. The molecule has 0 aliphatic rings. The van der Waals surface area contributed by atoms with E-state index in [1.807, 2.05) is 0 Å². The lowest BCUT2D eigenvalue weighted by Gasteiger charge is -2.09. The Morgan fingerprint density at radius 3 is 2.40 bits per heavy atom. The normalized spacial score (nSPS) is 10.4. The van der Waals surface area contributed by atoms with E-state index in [4.69, 9.17) is 11.6 Å². The zero-order valence-corrected chi connectivity index (χ0v) is 12.4. The first kappa shape index (κ1) is 14.9. The summed E-state index contributed by atoms with van der Waals surface area (Å²) in [5, 5.41) is 2.82. The second kappa shape index (κ2) is 6.33. The smallest absolute Gasteiger partial charge is 0.255 e. The van der Waals surface area contributed by atoms with Gasteiger partial charge in [-0.1, -0.05) is 39.7 Å². The Balaban J connectivity index is 2.23. The van der Waals surface area contributed by atoms with Crippen molar-refractivity contribution in [3.8, 4) is 0 Å². The van der Waals surface area contributed by atoms with Crippen LogP contribution in [0.2, 0.25) is 5.02 Å². The van der Waals surface area contributed by atoms with Crippen molar-refractivity contribution in [3.63, 3.8) is 0 Å². The van der Waals surface area contributed by atoms with Crippen molar-refractivity contribution in [1.29, 1.82) is 0 Å². The van der Waals surface area contributed by atoms with Crippen molar-refractivity contribution in [2.75, 3.05) is 5.32 Å². The van der Waals surface area contributed by atoms with Gasteiger partial charge in [0.05, 0.1) is 10.7 Å². The lowest BCUT2D eigenvalue weighted by atomic mass is 10.1. The SMILES string of the molecule is O=C(Nc1c(F)cc(F)cc1Cl)c1ccc(CBr)cc1. The number of alkyl halides is 1. The first-order valence-electron chi connectivity index (χ1n) is 5.62. The van der Waals surface area contributed by atoms with Gasteiger partial charge in [-0.25, -0.2) is 8.78 Å². The maximum atomic E-state index is 13.6. The molecule has 1 amide bonds. The van der Waals surface area contributed by atoms with Gasteiger partial charge in [0, 0.05) is 17.0 Å². The summed E-state index contributed by atoms with van der Waals surface area (Å²) in [7, 11) is 0. The van der Waals surface area contributed by atoms with Gasteiger partial charge in [0.25, 0.3) is 5.91 Å². The average Bonchev–Trinajstić information content (AvgIpc) is 2.42. The minimum absolute atomic E-state index is 0.187. The van der Waals surface area contributed by atoms with Crippen LogP contribution in [0.25, 0.3) is 0 Å². The summed E-state index contributed by atoms with van der Waals surface area (Å²) in [5.74, 6) is -2.23. The number of anilines is 1. The molecule has 0 unspecified atom stereocenters. The van der Waals surface area contributed by atoms with E-state index < -0.39 is 17.5 Å². The molecule has 2 aromatic carbocycles. The second-order valence-corrected chi connectivity index (χ2v) is 5.00. The molecule has 0 aromatic heterocycles. The third kappa shape index (κ3) is 3.35. The van der Waals surface area contributed by atoms with Crippen LogP contribution in [0.5, 0.6) is 0 Å². The van der Waals surface area contributed by atoms with E-state index in [9.17, 15) is 13.6 Å². The first-order chi connectivity index (χ1) is 9.51. The lowest BCUT2D eigenvalue weighted by Crippen LogP contribution is -2.13. The molecule has 1 N–H and O–H groups in total. The van der Waals surface area contributed by atoms with Crippen LogP contribution < -0.4 is 5.32 Å². The highest BCUT2D eigenvalue weighted by Gasteiger charge is 2.14. The number of nitrogens with one attached hydrogen (secondary N) is 1. The van der Waals surface area contributed by atoms with E-state index in [0.29, 0.717) is 17.0 Å². The van der Waals surface area contributed by atoms with Gasteiger partial charge in [-0.15, -0.1) is 0 Å². The van der Waals surface area contributed by atoms with Crippen LogP contribution in [-0.2, 0) is 5.33 Å². The Morgan fingerprint density at radius 1 is 1.20 bits per heavy atom. The third-order valence-electron chi connectivity index (χ3n) is 2.62. The summed E-state index contributed by atoms with van der Waals surface area (Å²) in [6, 6.07) is 8.37. The third-order valence-corrected chi connectivity index (χ3v) is 3.56. The van der Waals surface area contributed by atoms with Crippen molar-refractivity contribution in [1.82, 2.24) is 0 Å². The van der Waals surface area contributed by atoms with Gasteiger partial charge < -0.3 is 5.32 Å². The van der Waals surface area contributed by atoms with E-state index in [-0.39, 0.29) is 10.7 Å². The monoisotopic (exact) mass is 359 g/mol. The van der Waals surface area contributed by atoms with Crippen molar-refractivity contribution in [3.05, 3.63) is 64.2 Å².